The molecule has 0 radical (unpaired) electrons. The summed E-state index contributed by atoms with van der Waals surface area (Å²) in [6.45, 7) is 2.54. The Bertz CT molecular complexity index is 1240. The van der Waals surface area contributed by atoms with Gasteiger partial charge in [0.15, 0.2) is 11.5 Å². The van der Waals surface area contributed by atoms with Gasteiger partial charge in [-0.05, 0) is 93.5 Å². The lowest BCUT2D eigenvalue weighted by atomic mass is 10.1. The standard InChI is InChI=1S/C25H19BrClIN2O3/c1-2-32-23-12-16(10-18(14-29)25(31)30-20-8-5-7-19(28)13-20)11-21(26)24(23)33-15-17-6-3-4-9-22(17)27/h3-13H,2,15H2,1H3,(H,30,31)/b18-10+. The first kappa shape index (κ1) is 25.1. The number of benzene rings is 3. The van der Waals surface area contributed by atoms with Crippen LogP contribution in [0.2, 0.25) is 5.02 Å². The van der Waals surface area contributed by atoms with Gasteiger partial charge in [-0.3, -0.25) is 4.79 Å². The Labute approximate surface area is 219 Å². The number of anilines is 1. The van der Waals surface area contributed by atoms with Gasteiger partial charge in [0.1, 0.15) is 18.2 Å². The number of nitrogens with one attached hydrogen (secondary N) is 1. The van der Waals surface area contributed by atoms with Gasteiger partial charge in [-0.25, -0.2) is 0 Å². The summed E-state index contributed by atoms with van der Waals surface area (Å²) in [5, 5.41) is 12.9. The Balaban J connectivity index is 1.86. The first-order valence-electron chi connectivity index (χ1n) is 9.92. The zero-order valence-electron chi connectivity index (χ0n) is 17.6. The molecule has 0 aliphatic rings. The van der Waals surface area contributed by atoms with E-state index in [4.69, 9.17) is 21.1 Å². The maximum atomic E-state index is 12.6. The van der Waals surface area contributed by atoms with Gasteiger partial charge < -0.3 is 14.8 Å². The normalized spacial score (nSPS) is 10.9. The fraction of sp³-hybridized carbons (Fsp3) is 0.120. The minimum atomic E-state index is -0.493. The SMILES string of the molecule is CCOc1cc(/C=C(\C#N)C(=O)Nc2cccc(I)c2)cc(Br)c1OCc1ccccc1Cl. The Morgan fingerprint density at radius 1 is 1.18 bits per heavy atom. The number of carbonyl (C=O) groups is 1. The van der Waals surface area contributed by atoms with Crippen molar-refractivity contribution in [2.75, 3.05) is 11.9 Å². The second kappa shape index (κ2) is 12.1. The van der Waals surface area contributed by atoms with Crippen LogP contribution in [0.1, 0.15) is 18.1 Å². The minimum Gasteiger partial charge on any atom is -0.490 e. The number of hydrogen-bond acceptors (Lipinski definition) is 4. The lowest BCUT2D eigenvalue weighted by molar-refractivity contribution is -0.112. The lowest BCUT2D eigenvalue weighted by Crippen LogP contribution is -2.13. The summed E-state index contributed by atoms with van der Waals surface area (Å²) in [7, 11) is 0. The molecule has 0 heterocycles. The van der Waals surface area contributed by atoms with Crippen LogP contribution in [0.3, 0.4) is 0 Å². The molecule has 168 valence electrons. The molecule has 0 fully saturated rings. The van der Waals surface area contributed by atoms with Gasteiger partial charge in [-0.1, -0.05) is 35.9 Å². The molecule has 0 aliphatic carbocycles. The number of nitrogens with zero attached hydrogens (tertiary/aromatic N) is 1. The molecule has 0 atom stereocenters. The molecule has 1 N–H and O–H groups in total. The molecule has 0 bridgehead atoms. The number of halogens is 3. The molecule has 0 saturated heterocycles. The van der Waals surface area contributed by atoms with E-state index in [1.165, 1.54) is 6.08 Å². The highest BCUT2D eigenvalue weighted by Gasteiger charge is 2.15. The zero-order chi connectivity index (χ0) is 23.8. The van der Waals surface area contributed by atoms with Gasteiger partial charge in [0.2, 0.25) is 0 Å². The van der Waals surface area contributed by atoms with Crippen molar-refractivity contribution in [2.45, 2.75) is 13.5 Å². The zero-order valence-corrected chi connectivity index (χ0v) is 22.1. The largest absolute Gasteiger partial charge is 0.490 e. The Morgan fingerprint density at radius 2 is 1.97 bits per heavy atom. The Kier molecular flexibility index (Phi) is 9.18. The van der Waals surface area contributed by atoms with Crippen LogP contribution in [-0.4, -0.2) is 12.5 Å². The highest BCUT2D eigenvalue weighted by molar-refractivity contribution is 14.1. The van der Waals surface area contributed by atoms with E-state index in [9.17, 15) is 10.1 Å². The molecule has 0 aromatic heterocycles. The van der Waals surface area contributed by atoms with E-state index in [-0.39, 0.29) is 12.2 Å². The topological polar surface area (TPSA) is 71.3 Å². The summed E-state index contributed by atoms with van der Waals surface area (Å²) in [5.74, 6) is 0.504. The molecule has 0 spiro atoms. The van der Waals surface area contributed by atoms with Crippen molar-refractivity contribution in [1.82, 2.24) is 0 Å². The number of nitriles is 1. The van der Waals surface area contributed by atoms with Crippen molar-refractivity contribution >= 4 is 67.8 Å². The fourth-order valence-corrected chi connectivity index (χ4v) is 4.23. The maximum Gasteiger partial charge on any atom is 0.266 e. The third-order valence-electron chi connectivity index (χ3n) is 4.42. The number of rotatable bonds is 8. The smallest absolute Gasteiger partial charge is 0.266 e. The fourth-order valence-electron chi connectivity index (χ4n) is 2.92. The van der Waals surface area contributed by atoms with Crippen LogP contribution in [0.5, 0.6) is 11.5 Å². The molecule has 0 aliphatic heterocycles. The highest BCUT2D eigenvalue weighted by atomic mass is 127. The van der Waals surface area contributed by atoms with E-state index < -0.39 is 5.91 Å². The summed E-state index contributed by atoms with van der Waals surface area (Å²) in [6.07, 6.45) is 1.51. The second-order valence-electron chi connectivity index (χ2n) is 6.78. The summed E-state index contributed by atoms with van der Waals surface area (Å²) < 4.78 is 13.4. The summed E-state index contributed by atoms with van der Waals surface area (Å²) in [4.78, 5) is 12.6. The molecule has 33 heavy (non-hydrogen) atoms. The van der Waals surface area contributed by atoms with Crippen molar-refractivity contribution < 1.29 is 14.3 Å². The first-order valence-corrected chi connectivity index (χ1v) is 12.2. The van der Waals surface area contributed by atoms with Crippen molar-refractivity contribution in [3.05, 3.63) is 90.4 Å². The molecular formula is C25H19BrClIN2O3. The molecule has 3 aromatic rings. The van der Waals surface area contributed by atoms with E-state index in [2.05, 4.69) is 43.8 Å². The summed E-state index contributed by atoms with van der Waals surface area (Å²) in [5.41, 5.74) is 2.04. The third-order valence-corrected chi connectivity index (χ3v) is 6.05. The quantitative estimate of drug-likeness (QED) is 0.161. The van der Waals surface area contributed by atoms with E-state index >= 15 is 0 Å². The van der Waals surface area contributed by atoms with Crippen LogP contribution in [0.15, 0.2) is 70.7 Å². The van der Waals surface area contributed by atoms with E-state index in [1.807, 2.05) is 49.4 Å². The number of ether oxygens (including phenoxy) is 2. The first-order chi connectivity index (χ1) is 15.9. The van der Waals surface area contributed by atoms with Gasteiger partial charge in [-0.2, -0.15) is 5.26 Å². The van der Waals surface area contributed by atoms with Gasteiger partial charge in [-0.15, -0.1) is 0 Å². The van der Waals surface area contributed by atoms with E-state index in [1.54, 1.807) is 24.3 Å². The van der Waals surface area contributed by atoms with Crippen molar-refractivity contribution in [1.29, 1.82) is 5.26 Å². The van der Waals surface area contributed by atoms with Crippen molar-refractivity contribution in [2.24, 2.45) is 0 Å². The second-order valence-corrected chi connectivity index (χ2v) is 9.28. The Morgan fingerprint density at radius 3 is 2.67 bits per heavy atom. The van der Waals surface area contributed by atoms with Crippen LogP contribution in [0, 0.1) is 14.9 Å². The molecule has 5 nitrogen and oxygen atoms in total. The average Bonchev–Trinajstić information content (AvgIpc) is 2.78. The van der Waals surface area contributed by atoms with Crippen LogP contribution >= 0.6 is 50.1 Å². The van der Waals surface area contributed by atoms with Crippen LogP contribution in [0.25, 0.3) is 6.08 Å². The summed E-state index contributed by atoms with van der Waals surface area (Å²) in [6, 6.07) is 20.2. The number of carbonyl (C=O) groups excluding carboxylic acids is 1. The average molecular weight is 638 g/mol. The monoisotopic (exact) mass is 636 g/mol. The van der Waals surface area contributed by atoms with Gasteiger partial charge in [0, 0.05) is 19.8 Å². The van der Waals surface area contributed by atoms with Crippen molar-refractivity contribution in [3.63, 3.8) is 0 Å². The van der Waals surface area contributed by atoms with Crippen LogP contribution in [0.4, 0.5) is 5.69 Å². The number of hydrogen-bond donors (Lipinski definition) is 1. The molecule has 8 heteroatoms. The maximum absolute atomic E-state index is 12.6. The molecule has 1 amide bonds. The summed E-state index contributed by atoms with van der Waals surface area (Å²) >= 11 is 11.9. The molecule has 0 saturated carbocycles. The molecular weight excluding hydrogens is 619 g/mol. The van der Waals surface area contributed by atoms with Gasteiger partial charge in [0.05, 0.1) is 11.1 Å². The van der Waals surface area contributed by atoms with E-state index in [0.29, 0.717) is 38.9 Å². The number of amides is 1. The van der Waals surface area contributed by atoms with Crippen LogP contribution in [-0.2, 0) is 11.4 Å². The molecule has 0 unspecified atom stereocenters. The Hall–Kier alpha value is -2.54. The van der Waals surface area contributed by atoms with Gasteiger partial charge in [0.25, 0.3) is 5.91 Å². The highest BCUT2D eigenvalue weighted by Crippen LogP contribution is 2.38. The lowest BCUT2D eigenvalue weighted by Gasteiger charge is -2.15. The third kappa shape index (κ3) is 6.97. The van der Waals surface area contributed by atoms with Gasteiger partial charge >= 0.3 is 0 Å². The minimum absolute atomic E-state index is 0.0343. The van der Waals surface area contributed by atoms with Crippen LogP contribution < -0.4 is 14.8 Å². The molecule has 3 rings (SSSR count). The predicted molar refractivity (Wildman–Crippen MR) is 142 cm³/mol. The van der Waals surface area contributed by atoms with Crippen molar-refractivity contribution in [3.8, 4) is 17.6 Å². The van der Waals surface area contributed by atoms with E-state index in [0.717, 1.165) is 9.13 Å². The predicted octanol–water partition coefficient (Wildman–Crippen LogP) is 7.23. The molecule has 3 aromatic carbocycles.